The van der Waals surface area contributed by atoms with Crippen LogP contribution in [0.25, 0.3) is 0 Å². The average molecular weight is 234 g/mol. The molecule has 0 aromatic heterocycles. The highest BCUT2D eigenvalue weighted by Gasteiger charge is 2.12. The molecule has 92 valence electrons. The highest BCUT2D eigenvalue weighted by atomic mass is 16.5. The second kappa shape index (κ2) is 5.53. The fourth-order valence-electron chi connectivity index (χ4n) is 1.27. The Morgan fingerprint density at radius 2 is 1.76 bits per heavy atom. The third-order valence-electron chi connectivity index (χ3n) is 2.33. The number of methoxy groups -OCH3 is 1. The van der Waals surface area contributed by atoms with Gasteiger partial charge in [0.25, 0.3) is 0 Å². The van der Waals surface area contributed by atoms with Gasteiger partial charge in [-0.2, -0.15) is 0 Å². The first-order valence-electron chi connectivity index (χ1n) is 5.45. The van der Waals surface area contributed by atoms with Crippen LogP contribution < -0.4 is 4.74 Å². The number of hydrogen-bond acceptors (Lipinski definition) is 3. The van der Waals surface area contributed by atoms with Crippen LogP contribution in [-0.4, -0.2) is 13.1 Å². The summed E-state index contributed by atoms with van der Waals surface area (Å²) in [5.74, 6) is 0.259. The molecule has 1 rings (SSSR count). The molecule has 17 heavy (non-hydrogen) atoms. The van der Waals surface area contributed by atoms with Gasteiger partial charge in [-0.1, -0.05) is 32.9 Å². The van der Waals surface area contributed by atoms with Crippen LogP contribution in [0.3, 0.4) is 0 Å². The topological polar surface area (TPSA) is 35.5 Å². The molecular weight excluding hydrogens is 216 g/mol. The van der Waals surface area contributed by atoms with E-state index in [1.165, 1.54) is 25.0 Å². The second-order valence-electron chi connectivity index (χ2n) is 4.72. The quantitative estimate of drug-likeness (QED) is 0.458. The fourth-order valence-corrected chi connectivity index (χ4v) is 1.27. The van der Waals surface area contributed by atoms with Crippen molar-refractivity contribution in [1.82, 2.24) is 0 Å². The number of esters is 1. The van der Waals surface area contributed by atoms with E-state index >= 15 is 0 Å². The van der Waals surface area contributed by atoms with E-state index in [1.807, 2.05) is 24.3 Å². The third kappa shape index (κ3) is 4.31. The molecule has 0 saturated heterocycles. The maximum absolute atomic E-state index is 10.8. The molecule has 0 aliphatic heterocycles. The number of carbonyl (C=O) groups excluding carboxylic acids is 1. The van der Waals surface area contributed by atoms with Gasteiger partial charge in [-0.3, -0.25) is 0 Å². The Labute approximate surface area is 102 Å². The Bertz CT molecular complexity index is 396. The normalized spacial score (nSPS) is 11.5. The van der Waals surface area contributed by atoms with Gasteiger partial charge in [-0.25, -0.2) is 4.79 Å². The van der Waals surface area contributed by atoms with Gasteiger partial charge in [0.2, 0.25) is 0 Å². The van der Waals surface area contributed by atoms with Crippen LogP contribution in [0, 0.1) is 0 Å². The number of benzene rings is 1. The van der Waals surface area contributed by atoms with Crippen molar-refractivity contribution in [2.75, 3.05) is 7.11 Å². The molecule has 1 aromatic rings. The first-order valence-corrected chi connectivity index (χ1v) is 5.45. The number of rotatable bonds is 3. The zero-order chi connectivity index (χ0) is 12.9. The van der Waals surface area contributed by atoms with Crippen molar-refractivity contribution in [2.24, 2.45) is 0 Å². The summed E-state index contributed by atoms with van der Waals surface area (Å²) in [4.78, 5) is 10.8. The van der Waals surface area contributed by atoms with E-state index in [0.29, 0.717) is 5.75 Å². The summed E-state index contributed by atoms with van der Waals surface area (Å²) in [6.45, 7) is 6.46. The van der Waals surface area contributed by atoms with Crippen molar-refractivity contribution >= 4 is 5.97 Å². The zero-order valence-electron chi connectivity index (χ0n) is 10.7. The van der Waals surface area contributed by atoms with Crippen LogP contribution >= 0.6 is 0 Å². The summed E-state index contributed by atoms with van der Waals surface area (Å²) in [5.41, 5.74) is 1.36. The minimum atomic E-state index is -0.434. The summed E-state index contributed by atoms with van der Waals surface area (Å²) >= 11 is 0. The number of hydrogen-bond donors (Lipinski definition) is 0. The molecular formula is C14H18O3. The maximum Gasteiger partial charge on any atom is 0.333 e. The standard InChI is InChI=1S/C14H18O3/c1-14(2,3)11-5-7-12(8-6-11)17-10-9-13(15)16-4/h5-10H,1-4H3. The van der Waals surface area contributed by atoms with Gasteiger partial charge >= 0.3 is 5.97 Å². The minimum Gasteiger partial charge on any atom is -0.466 e. The Kier molecular flexibility index (Phi) is 4.32. The second-order valence-corrected chi connectivity index (χ2v) is 4.72. The van der Waals surface area contributed by atoms with Crippen molar-refractivity contribution < 1.29 is 14.3 Å². The lowest BCUT2D eigenvalue weighted by molar-refractivity contribution is -0.134. The summed E-state index contributed by atoms with van der Waals surface area (Å²) in [7, 11) is 1.32. The predicted octanol–water partition coefficient (Wildman–Crippen LogP) is 3.05. The third-order valence-corrected chi connectivity index (χ3v) is 2.33. The van der Waals surface area contributed by atoms with E-state index in [9.17, 15) is 4.79 Å². The van der Waals surface area contributed by atoms with Crippen molar-refractivity contribution in [2.45, 2.75) is 26.2 Å². The van der Waals surface area contributed by atoms with Crippen LogP contribution in [0.5, 0.6) is 5.75 Å². The molecule has 0 fully saturated rings. The Morgan fingerprint density at radius 3 is 2.24 bits per heavy atom. The molecule has 0 bridgehead atoms. The lowest BCUT2D eigenvalue weighted by Gasteiger charge is -2.18. The first kappa shape index (κ1) is 13.3. The zero-order valence-corrected chi connectivity index (χ0v) is 10.7. The SMILES string of the molecule is COC(=O)C=COc1ccc(C(C)(C)C)cc1. The molecule has 0 atom stereocenters. The molecule has 0 amide bonds. The molecule has 3 nitrogen and oxygen atoms in total. The van der Waals surface area contributed by atoms with Crippen molar-refractivity contribution in [3.63, 3.8) is 0 Å². The minimum absolute atomic E-state index is 0.125. The number of carbonyl (C=O) groups is 1. The van der Waals surface area contributed by atoms with E-state index in [1.54, 1.807) is 0 Å². The van der Waals surface area contributed by atoms with Gasteiger partial charge in [0.15, 0.2) is 0 Å². The van der Waals surface area contributed by atoms with E-state index in [0.717, 1.165) is 0 Å². The lowest BCUT2D eigenvalue weighted by Crippen LogP contribution is -2.10. The molecule has 0 N–H and O–H groups in total. The molecule has 1 aromatic carbocycles. The highest BCUT2D eigenvalue weighted by molar-refractivity contribution is 5.81. The highest BCUT2D eigenvalue weighted by Crippen LogP contribution is 2.24. The Morgan fingerprint density at radius 1 is 1.18 bits per heavy atom. The summed E-state index contributed by atoms with van der Waals surface area (Å²) in [6, 6.07) is 7.78. The van der Waals surface area contributed by atoms with Crippen molar-refractivity contribution in [3.05, 3.63) is 42.2 Å². The number of ether oxygens (including phenoxy) is 2. The van der Waals surface area contributed by atoms with Gasteiger partial charge < -0.3 is 9.47 Å². The Balaban J connectivity index is 2.63. The molecule has 0 aliphatic carbocycles. The molecule has 0 aliphatic rings. The molecule has 0 unspecified atom stereocenters. The molecule has 0 spiro atoms. The van der Waals surface area contributed by atoms with Crippen LogP contribution in [-0.2, 0) is 14.9 Å². The summed E-state index contributed by atoms with van der Waals surface area (Å²) < 4.78 is 9.71. The van der Waals surface area contributed by atoms with Crippen molar-refractivity contribution in [1.29, 1.82) is 0 Å². The molecule has 0 radical (unpaired) electrons. The van der Waals surface area contributed by atoms with Crippen LogP contribution in [0.1, 0.15) is 26.3 Å². The van der Waals surface area contributed by atoms with Gasteiger partial charge in [0.1, 0.15) is 5.75 Å². The van der Waals surface area contributed by atoms with Gasteiger partial charge in [0.05, 0.1) is 19.4 Å². The largest absolute Gasteiger partial charge is 0.466 e. The van der Waals surface area contributed by atoms with Crippen LogP contribution in [0.2, 0.25) is 0 Å². The summed E-state index contributed by atoms with van der Waals surface area (Å²) in [6.07, 6.45) is 2.55. The molecule has 3 heteroatoms. The van der Waals surface area contributed by atoms with Crippen LogP contribution in [0.4, 0.5) is 0 Å². The average Bonchev–Trinajstić information content (AvgIpc) is 2.28. The van der Waals surface area contributed by atoms with Gasteiger partial charge in [-0.15, -0.1) is 0 Å². The maximum atomic E-state index is 10.8. The van der Waals surface area contributed by atoms with Crippen LogP contribution in [0.15, 0.2) is 36.6 Å². The van der Waals surface area contributed by atoms with E-state index < -0.39 is 5.97 Å². The van der Waals surface area contributed by atoms with Gasteiger partial charge in [0, 0.05) is 0 Å². The smallest absolute Gasteiger partial charge is 0.333 e. The summed E-state index contributed by atoms with van der Waals surface area (Å²) in [5, 5.41) is 0. The van der Waals surface area contributed by atoms with Crippen molar-refractivity contribution in [3.8, 4) is 5.75 Å². The monoisotopic (exact) mass is 234 g/mol. The molecule has 0 saturated carbocycles. The first-order chi connectivity index (χ1) is 7.93. The van der Waals surface area contributed by atoms with E-state index in [4.69, 9.17) is 4.74 Å². The fraction of sp³-hybridized carbons (Fsp3) is 0.357. The lowest BCUT2D eigenvalue weighted by atomic mass is 9.87. The predicted molar refractivity (Wildman–Crippen MR) is 66.9 cm³/mol. The molecule has 0 heterocycles. The van der Waals surface area contributed by atoms with Gasteiger partial charge in [-0.05, 0) is 23.1 Å². The van der Waals surface area contributed by atoms with E-state index in [2.05, 4.69) is 25.5 Å². The van der Waals surface area contributed by atoms with E-state index in [-0.39, 0.29) is 5.41 Å². The Hall–Kier alpha value is -1.77.